The first kappa shape index (κ1) is 14.0. The van der Waals surface area contributed by atoms with Crippen molar-refractivity contribution in [2.45, 2.75) is 18.2 Å². The molecule has 23 heavy (non-hydrogen) atoms. The zero-order valence-corrected chi connectivity index (χ0v) is 12.0. The number of halogens is 2. The Morgan fingerprint density at radius 3 is 2.61 bits per heavy atom. The van der Waals surface area contributed by atoms with Crippen LogP contribution in [0.4, 0.5) is 8.78 Å². The van der Waals surface area contributed by atoms with Gasteiger partial charge in [0.2, 0.25) is 0 Å². The number of nitrogens with zero attached hydrogens (tertiary/aromatic N) is 3. The van der Waals surface area contributed by atoms with Gasteiger partial charge >= 0.3 is 0 Å². The van der Waals surface area contributed by atoms with Gasteiger partial charge in [-0.1, -0.05) is 30.3 Å². The van der Waals surface area contributed by atoms with Crippen LogP contribution in [0.25, 0.3) is 0 Å². The molecule has 0 bridgehead atoms. The molecular weight excluding hydrogens is 300 g/mol. The Hall–Kier alpha value is -2.60. The van der Waals surface area contributed by atoms with Gasteiger partial charge in [0.25, 0.3) is 0 Å². The van der Waals surface area contributed by atoms with Gasteiger partial charge in [0.05, 0.1) is 6.54 Å². The van der Waals surface area contributed by atoms with Crippen molar-refractivity contribution in [2.75, 3.05) is 0 Å². The Labute approximate surface area is 131 Å². The molecule has 0 saturated carbocycles. The lowest BCUT2D eigenvalue weighted by Crippen LogP contribution is -2.20. The summed E-state index contributed by atoms with van der Waals surface area (Å²) < 4.78 is 34.7. The summed E-state index contributed by atoms with van der Waals surface area (Å²) in [6.45, 7) is 0.317. The molecule has 3 aromatic rings. The van der Waals surface area contributed by atoms with E-state index in [0.717, 1.165) is 5.56 Å². The summed E-state index contributed by atoms with van der Waals surface area (Å²) in [5.74, 6) is -0.664. The van der Waals surface area contributed by atoms with Crippen molar-refractivity contribution in [1.82, 2.24) is 14.8 Å². The highest BCUT2D eigenvalue weighted by Crippen LogP contribution is 2.58. The zero-order valence-electron chi connectivity index (χ0n) is 12.0. The van der Waals surface area contributed by atoms with E-state index in [1.54, 1.807) is 30.3 Å². The summed E-state index contributed by atoms with van der Waals surface area (Å²) in [4.78, 5) is 3.79. The molecule has 1 aliphatic heterocycles. The van der Waals surface area contributed by atoms with Crippen molar-refractivity contribution >= 4 is 0 Å². The fourth-order valence-corrected chi connectivity index (χ4v) is 2.85. The summed E-state index contributed by atoms with van der Waals surface area (Å²) in [5.41, 5.74) is 0.424. The van der Waals surface area contributed by atoms with Crippen LogP contribution in [0.1, 0.15) is 17.2 Å². The summed E-state index contributed by atoms with van der Waals surface area (Å²) in [6, 6.07) is 12.5. The molecule has 0 aliphatic carbocycles. The SMILES string of the molecule is Fc1ccc([C@]2(Cn3[c]ncn3)O[C@H]2c2ccccc2F)cc1. The second-order valence-corrected chi connectivity index (χ2v) is 5.43. The van der Waals surface area contributed by atoms with E-state index >= 15 is 0 Å². The molecule has 1 aliphatic rings. The van der Waals surface area contributed by atoms with Crippen LogP contribution in [-0.4, -0.2) is 14.8 Å². The van der Waals surface area contributed by atoms with Crippen LogP contribution in [0.2, 0.25) is 0 Å². The van der Waals surface area contributed by atoms with E-state index in [-0.39, 0.29) is 11.6 Å². The molecule has 2 atom stereocenters. The largest absolute Gasteiger partial charge is 0.354 e. The molecule has 0 N–H and O–H groups in total. The maximum atomic E-state index is 14.1. The molecule has 1 saturated heterocycles. The molecule has 4 rings (SSSR count). The third-order valence-corrected chi connectivity index (χ3v) is 4.02. The van der Waals surface area contributed by atoms with E-state index in [2.05, 4.69) is 16.4 Å². The van der Waals surface area contributed by atoms with Crippen molar-refractivity contribution in [3.05, 3.63) is 83.9 Å². The molecule has 1 radical (unpaired) electrons. The van der Waals surface area contributed by atoms with Crippen molar-refractivity contribution in [3.8, 4) is 0 Å². The van der Waals surface area contributed by atoms with E-state index in [4.69, 9.17) is 4.74 Å². The first-order valence-electron chi connectivity index (χ1n) is 7.13. The molecule has 0 amide bonds. The monoisotopic (exact) mass is 312 g/mol. The van der Waals surface area contributed by atoms with Gasteiger partial charge in [-0.3, -0.25) is 0 Å². The Morgan fingerprint density at radius 2 is 1.91 bits per heavy atom. The summed E-state index contributed by atoms with van der Waals surface area (Å²) in [5, 5.41) is 4.04. The van der Waals surface area contributed by atoms with E-state index in [0.29, 0.717) is 12.1 Å². The lowest BCUT2D eigenvalue weighted by molar-refractivity contribution is 0.261. The van der Waals surface area contributed by atoms with E-state index in [1.165, 1.54) is 29.2 Å². The highest BCUT2D eigenvalue weighted by Gasteiger charge is 2.59. The number of hydrogen-bond acceptors (Lipinski definition) is 3. The summed E-state index contributed by atoms with van der Waals surface area (Å²) >= 11 is 0. The van der Waals surface area contributed by atoms with Gasteiger partial charge in [-0.2, -0.15) is 5.10 Å². The molecule has 0 spiro atoms. The predicted octanol–water partition coefficient (Wildman–Crippen LogP) is 3.02. The summed E-state index contributed by atoms with van der Waals surface area (Å²) in [7, 11) is 0. The van der Waals surface area contributed by atoms with Gasteiger partial charge in [-0.05, 0) is 23.8 Å². The van der Waals surface area contributed by atoms with Crippen LogP contribution >= 0.6 is 0 Å². The molecule has 2 heterocycles. The topological polar surface area (TPSA) is 43.2 Å². The maximum absolute atomic E-state index is 14.1. The molecule has 1 fully saturated rings. The minimum absolute atomic E-state index is 0.317. The van der Waals surface area contributed by atoms with Gasteiger partial charge in [0.15, 0.2) is 6.33 Å². The van der Waals surface area contributed by atoms with Crippen molar-refractivity contribution in [2.24, 2.45) is 0 Å². The van der Waals surface area contributed by atoms with Crippen LogP contribution in [0, 0.1) is 18.0 Å². The average molecular weight is 312 g/mol. The third kappa shape index (κ3) is 2.41. The molecule has 0 unspecified atom stereocenters. The Morgan fingerprint density at radius 1 is 1.13 bits per heavy atom. The fourth-order valence-electron chi connectivity index (χ4n) is 2.85. The highest BCUT2D eigenvalue weighted by molar-refractivity contribution is 5.36. The lowest BCUT2D eigenvalue weighted by Gasteiger charge is -2.14. The number of epoxide rings is 1. The number of benzene rings is 2. The number of ether oxygens (including phenoxy) is 1. The van der Waals surface area contributed by atoms with Crippen LogP contribution < -0.4 is 0 Å². The standard InChI is InChI=1S/C17H12F2N3O/c18-13-7-5-12(6-8-13)17(9-22-11-20-10-21-22)16(23-17)14-3-1-2-4-15(14)19/h1-8,10,16H,9H2/t16-,17-/m0/s1. The Bertz CT molecular complexity index is 820. The molecule has 4 nitrogen and oxygen atoms in total. The fraction of sp³-hybridized carbons (Fsp3) is 0.176. The normalized spacial score (nSPS) is 23.0. The molecule has 2 aromatic carbocycles. The number of hydrogen-bond donors (Lipinski definition) is 0. The quantitative estimate of drug-likeness (QED) is 0.696. The minimum atomic E-state index is -0.805. The van der Waals surface area contributed by atoms with Gasteiger partial charge in [-0.15, -0.1) is 0 Å². The van der Waals surface area contributed by atoms with Crippen LogP contribution in [-0.2, 0) is 16.9 Å². The second-order valence-electron chi connectivity index (χ2n) is 5.43. The van der Waals surface area contributed by atoms with Gasteiger partial charge in [-0.25, -0.2) is 18.4 Å². The first-order valence-corrected chi connectivity index (χ1v) is 7.13. The third-order valence-electron chi connectivity index (χ3n) is 4.02. The number of rotatable bonds is 4. The number of aromatic nitrogens is 3. The van der Waals surface area contributed by atoms with E-state index in [9.17, 15) is 8.78 Å². The van der Waals surface area contributed by atoms with Crippen molar-refractivity contribution in [1.29, 1.82) is 0 Å². The van der Waals surface area contributed by atoms with Crippen molar-refractivity contribution in [3.63, 3.8) is 0 Å². The van der Waals surface area contributed by atoms with Crippen molar-refractivity contribution < 1.29 is 13.5 Å². The Balaban J connectivity index is 1.74. The maximum Gasteiger partial charge on any atom is 0.196 e. The lowest BCUT2D eigenvalue weighted by atomic mass is 9.91. The zero-order chi connectivity index (χ0) is 15.9. The van der Waals surface area contributed by atoms with E-state index in [1.807, 2.05) is 0 Å². The van der Waals surface area contributed by atoms with Gasteiger partial charge in [0, 0.05) is 5.56 Å². The molecular formula is C17H12F2N3O. The van der Waals surface area contributed by atoms with E-state index < -0.39 is 11.7 Å². The predicted molar refractivity (Wildman–Crippen MR) is 77.2 cm³/mol. The molecule has 115 valence electrons. The Kier molecular flexibility index (Phi) is 3.20. The molecule has 1 aromatic heterocycles. The first-order chi connectivity index (χ1) is 11.2. The molecule has 6 heteroatoms. The van der Waals surface area contributed by atoms with Gasteiger partial charge < -0.3 is 4.74 Å². The van der Waals surface area contributed by atoms with Crippen LogP contribution in [0.5, 0.6) is 0 Å². The van der Waals surface area contributed by atoms with Crippen LogP contribution in [0.15, 0.2) is 54.9 Å². The smallest absolute Gasteiger partial charge is 0.196 e. The van der Waals surface area contributed by atoms with Crippen LogP contribution in [0.3, 0.4) is 0 Å². The highest BCUT2D eigenvalue weighted by atomic mass is 19.1. The minimum Gasteiger partial charge on any atom is -0.354 e. The van der Waals surface area contributed by atoms with Gasteiger partial charge in [0.1, 0.15) is 29.7 Å². The second kappa shape index (κ2) is 5.24. The summed E-state index contributed by atoms with van der Waals surface area (Å²) in [6.07, 6.45) is 3.62. The average Bonchev–Trinajstić information content (AvgIpc) is 3.02.